The number of carbonyl (C=O) groups is 2. The first-order chi connectivity index (χ1) is 12.1. The van der Waals surface area contributed by atoms with Crippen LogP contribution < -0.4 is 10.6 Å². The molecule has 1 saturated heterocycles. The van der Waals surface area contributed by atoms with Gasteiger partial charge in [-0.25, -0.2) is 14.0 Å². The number of rotatable bonds is 2. The minimum absolute atomic E-state index is 0.317. The summed E-state index contributed by atoms with van der Waals surface area (Å²) in [5, 5.41) is 16.1. The van der Waals surface area contributed by atoms with Crippen molar-refractivity contribution in [3.8, 4) is 0 Å². The lowest BCUT2D eigenvalue weighted by molar-refractivity contribution is -0.153. The third-order valence-electron chi connectivity index (χ3n) is 5.37. The molecule has 3 rings (SSSR count). The molecule has 3 N–H and O–H groups in total. The second-order valence-corrected chi connectivity index (χ2v) is 8.19. The Morgan fingerprint density at radius 2 is 1.92 bits per heavy atom. The lowest BCUT2D eigenvalue weighted by Crippen LogP contribution is -2.63. The SMILES string of the molecule is CC(C)(C)OC(=O)N[C@]1(C(=O)O)c2cc(F)ccc2CC12CCNCC2. The van der Waals surface area contributed by atoms with E-state index in [0.29, 0.717) is 37.9 Å². The Balaban J connectivity index is 2.12. The summed E-state index contributed by atoms with van der Waals surface area (Å²) in [5.74, 6) is -1.71. The van der Waals surface area contributed by atoms with E-state index < -0.39 is 34.4 Å². The second kappa shape index (κ2) is 6.23. The molecule has 6 nitrogen and oxygen atoms in total. The number of fused-ring (bicyclic) bond motifs is 1. The summed E-state index contributed by atoms with van der Waals surface area (Å²) >= 11 is 0. The van der Waals surface area contributed by atoms with E-state index in [9.17, 15) is 19.1 Å². The van der Waals surface area contributed by atoms with Gasteiger partial charge in [-0.3, -0.25) is 0 Å². The van der Waals surface area contributed by atoms with E-state index in [2.05, 4.69) is 10.6 Å². The zero-order valence-electron chi connectivity index (χ0n) is 15.3. The van der Waals surface area contributed by atoms with Gasteiger partial charge in [-0.15, -0.1) is 0 Å². The van der Waals surface area contributed by atoms with Crippen LogP contribution in [-0.2, 0) is 21.5 Å². The van der Waals surface area contributed by atoms with Crippen molar-refractivity contribution in [3.63, 3.8) is 0 Å². The highest BCUT2D eigenvalue weighted by atomic mass is 19.1. The number of carboxylic acid groups (broad SMARTS) is 1. The Hall–Kier alpha value is -2.15. The molecule has 26 heavy (non-hydrogen) atoms. The van der Waals surface area contributed by atoms with E-state index in [-0.39, 0.29) is 0 Å². The van der Waals surface area contributed by atoms with Gasteiger partial charge in [-0.2, -0.15) is 0 Å². The number of hydrogen-bond donors (Lipinski definition) is 3. The third kappa shape index (κ3) is 2.94. The molecule has 1 aromatic rings. The number of aliphatic carboxylic acids is 1. The summed E-state index contributed by atoms with van der Waals surface area (Å²) in [4.78, 5) is 25.1. The second-order valence-electron chi connectivity index (χ2n) is 8.19. The van der Waals surface area contributed by atoms with Gasteiger partial charge in [0.15, 0.2) is 5.54 Å². The number of halogens is 1. The Morgan fingerprint density at radius 3 is 2.50 bits per heavy atom. The minimum Gasteiger partial charge on any atom is -0.479 e. The summed E-state index contributed by atoms with van der Waals surface area (Å²) in [7, 11) is 0. The molecule has 1 fully saturated rings. The molecule has 7 heteroatoms. The molecule has 142 valence electrons. The van der Waals surface area contributed by atoms with Crippen LogP contribution in [0.2, 0.25) is 0 Å². The maximum atomic E-state index is 14.0. The molecule has 0 saturated carbocycles. The fourth-order valence-electron chi connectivity index (χ4n) is 4.34. The van der Waals surface area contributed by atoms with Crippen LogP contribution in [0.5, 0.6) is 0 Å². The zero-order valence-corrected chi connectivity index (χ0v) is 15.3. The van der Waals surface area contributed by atoms with Crippen molar-refractivity contribution in [1.29, 1.82) is 0 Å². The molecular weight excluding hydrogens is 339 g/mol. The van der Waals surface area contributed by atoms with Crippen molar-refractivity contribution < 1.29 is 23.8 Å². The molecule has 2 aliphatic rings. The van der Waals surface area contributed by atoms with E-state index in [1.807, 2.05) is 0 Å². The monoisotopic (exact) mass is 364 g/mol. The van der Waals surface area contributed by atoms with Crippen LogP contribution in [0, 0.1) is 11.2 Å². The summed E-state index contributed by atoms with van der Waals surface area (Å²) in [6, 6.07) is 4.19. The van der Waals surface area contributed by atoms with Crippen LogP contribution in [0.1, 0.15) is 44.7 Å². The Bertz CT molecular complexity index is 738. The van der Waals surface area contributed by atoms with E-state index in [4.69, 9.17) is 4.74 Å². The number of hydrogen-bond acceptors (Lipinski definition) is 4. The molecule has 0 unspecified atom stereocenters. The number of benzene rings is 1. The molecule has 0 aromatic heterocycles. The van der Waals surface area contributed by atoms with E-state index >= 15 is 0 Å². The molecule has 0 bridgehead atoms. The van der Waals surface area contributed by atoms with Crippen LogP contribution in [-0.4, -0.2) is 35.9 Å². The van der Waals surface area contributed by atoms with Gasteiger partial charge in [0, 0.05) is 5.41 Å². The smallest absolute Gasteiger partial charge is 0.408 e. The molecule has 1 aliphatic heterocycles. The fourth-order valence-corrected chi connectivity index (χ4v) is 4.34. The van der Waals surface area contributed by atoms with Crippen molar-refractivity contribution in [3.05, 3.63) is 35.1 Å². The summed E-state index contributed by atoms with van der Waals surface area (Å²) < 4.78 is 19.3. The van der Waals surface area contributed by atoms with Crippen molar-refractivity contribution in [1.82, 2.24) is 10.6 Å². The molecule has 1 aliphatic carbocycles. The largest absolute Gasteiger partial charge is 0.479 e. The van der Waals surface area contributed by atoms with Crippen LogP contribution in [0.15, 0.2) is 18.2 Å². The average Bonchev–Trinajstić information content (AvgIpc) is 2.77. The Kier molecular flexibility index (Phi) is 4.46. The Labute approximate surface area is 152 Å². The highest BCUT2D eigenvalue weighted by Gasteiger charge is 2.63. The predicted octanol–water partition coefficient (Wildman–Crippen LogP) is 2.56. The Morgan fingerprint density at radius 1 is 1.27 bits per heavy atom. The number of ether oxygens (including phenoxy) is 1. The van der Waals surface area contributed by atoms with Gasteiger partial charge in [-0.05, 0) is 76.4 Å². The quantitative estimate of drug-likeness (QED) is 0.751. The van der Waals surface area contributed by atoms with E-state index in [0.717, 1.165) is 5.56 Å². The molecule has 1 heterocycles. The zero-order chi connectivity index (χ0) is 19.2. The number of carboxylic acids is 1. The topological polar surface area (TPSA) is 87.7 Å². The van der Waals surface area contributed by atoms with Crippen molar-refractivity contribution >= 4 is 12.1 Å². The van der Waals surface area contributed by atoms with Gasteiger partial charge in [-0.1, -0.05) is 6.07 Å². The highest BCUT2D eigenvalue weighted by molar-refractivity contribution is 5.89. The normalized spacial score (nSPS) is 24.2. The highest BCUT2D eigenvalue weighted by Crippen LogP contribution is 2.55. The van der Waals surface area contributed by atoms with Gasteiger partial charge in [0.05, 0.1) is 0 Å². The first-order valence-electron chi connectivity index (χ1n) is 8.84. The molecule has 1 aromatic carbocycles. The number of amides is 1. The van der Waals surface area contributed by atoms with Gasteiger partial charge in [0.2, 0.25) is 0 Å². The van der Waals surface area contributed by atoms with E-state index in [1.54, 1.807) is 26.8 Å². The number of piperidine rings is 1. The number of alkyl carbamates (subject to hydrolysis) is 1. The van der Waals surface area contributed by atoms with Crippen molar-refractivity contribution in [2.24, 2.45) is 5.41 Å². The third-order valence-corrected chi connectivity index (χ3v) is 5.37. The van der Waals surface area contributed by atoms with Crippen molar-refractivity contribution in [2.45, 2.75) is 51.2 Å². The van der Waals surface area contributed by atoms with Crippen LogP contribution >= 0.6 is 0 Å². The maximum absolute atomic E-state index is 14.0. The first kappa shape index (κ1) is 18.6. The maximum Gasteiger partial charge on any atom is 0.408 e. The van der Waals surface area contributed by atoms with Crippen LogP contribution in [0.25, 0.3) is 0 Å². The number of carbonyl (C=O) groups excluding carboxylic acids is 1. The first-order valence-corrected chi connectivity index (χ1v) is 8.84. The summed E-state index contributed by atoms with van der Waals surface area (Å²) in [6.07, 6.45) is 0.790. The molecule has 1 spiro atoms. The molecule has 1 amide bonds. The van der Waals surface area contributed by atoms with Gasteiger partial charge >= 0.3 is 12.1 Å². The van der Waals surface area contributed by atoms with Crippen LogP contribution in [0.4, 0.5) is 9.18 Å². The molecule has 1 atom stereocenters. The standard InChI is InChI=1S/C19H25FN2O4/c1-17(2,3)26-16(25)22-19(15(23)24)14-10-13(20)5-4-12(14)11-18(19)6-8-21-9-7-18/h4-5,10,21H,6-9,11H2,1-3H3,(H,22,25)(H,23,24)/t19-/m0/s1. The summed E-state index contributed by atoms with van der Waals surface area (Å²) in [6.45, 7) is 6.41. The van der Waals surface area contributed by atoms with Gasteiger partial charge < -0.3 is 20.5 Å². The molecular formula is C19H25FN2O4. The lowest BCUT2D eigenvalue weighted by Gasteiger charge is -2.46. The predicted molar refractivity (Wildman–Crippen MR) is 93.3 cm³/mol. The molecule has 0 radical (unpaired) electrons. The van der Waals surface area contributed by atoms with E-state index in [1.165, 1.54) is 12.1 Å². The minimum atomic E-state index is -1.71. The average molecular weight is 364 g/mol. The van der Waals surface area contributed by atoms with Gasteiger partial charge in [0.25, 0.3) is 0 Å². The summed E-state index contributed by atoms with van der Waals surface area (Å²) in [5.41, 5.74) is -2.13. The van der Waals surface area contributed by atoms with Crippen LogP contribution in [0.3, 0.4) is 0 Å². The number of nitrogens with one attached hydrogen (secondary N) is 2. The fraction of sp³-hybridized carbons (Fsp3) is 0.579. The van der Waals surface area contributed by atoms with Crippen molar-refractivity contribution in [2.75, 3.05) is 13.1 Å². The van der Waals surface area contributed by atoms with Gasteiger partial charge in [0.1, 0.15) is 11.4 Å². The lowest BCUT2D eigenvalue weighted by atomic mass is 9.64.